The van der Waals surface area contributed by atoms with Gasteiger partial charge in [0, 0.05) is 69.8 Å². The van der Waals surface area contributed by atoms with Crippen LogP contribution in [0.4, 0.5) is 5.69 Å². The highest BCUT2D eigenvalue weighted by Gasteiger charge is 2.38. The Kier molecular flexibility index (Phi) is 5.46. The van der Waals surface area contributed by atoms with Gasteiger partial charge < -0.3 is 19.3 Å². The molecular weight excluding hydrogens is 396 g/mol. The summed E-state index contributed by atoms with van der Waals surface area (Å²) < 4.78 is 11.2. The summed E-state index contributed by atoms with van der Waals surface area (Å²) in [6, 6.07) is 9.56. The van der Waals surface area contributed by atoms with Gasteiger partial charge in [-0.1, -0.05) is 0 Å². The topological polar surface area (TPSA) is 75.2 Å². The summed E-state index contributed by atoms with van der Waals surface area (Å²) >= 11 is 0. The molecule has 0 aliphatic carbocycles. The zero-order valence-corrected chi connectivity index (χ0v) is 17.4. The predicted octanol–water partition coefficient (Wildman–Crippen LogP) is 1.55. The maximum absolute atomic E-state index is 13.1. The quantitative estimate of drug-likeness (QED) is 0.744. The van der Waals surface area contributed by atoms with Gasteiger partial charge in [0.05, 0.1) is 5.92 Å². The average Bonchev–Trinajstić information content (AvgIpc) is 3.21. The van der Waals surface area contributed by atoms with E-state index in [9.17, 15) is 9.59 Å². The van der Waals surface area contributed by atoms with Crippen molar-refractivity contribution in [2.24, 2.45) is 5.92 Å². The van der Waals surface area contributed by atoms with Gasteiger partial charge >= 0.3 is 0 Å². The Balaban J connectivity index is 1.18. The minimum Gasteiger partial charge on any atom is -0.486 e. The molecule has 1 atom stereocenters. The number of nitrogens with zero attached hydrogens (tertiary/aromatic N) is 4. The Morgan fingerprint density at radius 1 is 1.00 bits per heavy atom. The molecule has 0 spiro atoms. The number of benzene rings is 1. The Hall–Kier alpha value is -3.13. The normalized spacial score (nSPS) is 21.4. The van der Waals surface area contributed by atoms with E-state index in [0.717, 1.165) is 25.3 Å². The first-order valence-electron chi connectivity index (χ1n) is 10.8. The maximum atomic E-state index is 13.1. The molecule has 3 aliphatic rings. The van der Waals surface area contributed by atoms with Crippen LogP contribution in [-0.2, 0) is 16.1 Å². The lowest BCUT2D eigenvalue weighted by Gasteiger charge is -2.35. The number of pyridine rings is 1. The van der Waals surface area contributed by atoms with Crippen molar-refractivity contribution in [2.75, 3.05) is 50.8 Å². The van der Waals surface area contributed by atoms with Crippen LogP contribution in [0.5, 0.6) is 11.5 Å². The van der Waals surface area contributed by atoms with Crippen LogP contribution in [0, 0.1) is 5.92 Å². The van der Waals surface area contributed by atoms with Gasteiger partial charge in [0.15, 0.2) is 11.5 Å². The van der Waals surface area contributed by atoms with Crippen LogP contribution in [0.25, 0.3) is 0 Å². The molecule has 0 saturated carbocycles. The van der Waals surface area contributed by atoms with Crippen molar-refractivity contribution >= 4 is 17.5 Å². The molecule has 0 radical (unpaired) electrons. The highest BCUT2D eigenvalue weighted by Crippen LogP contribution is 2.36. The molecule has 5 rings (SSSR count). The standard InChI is InChI=1S/C23H26N4O4/c28-22-13-18(16-27(22)19-1-2-20-21(14-19)31-12-11-30-20)23(29)26-9-7-25(8-10-26)15-17-3-5-24-6-4-17/h1-6,14,18H,7-13,15-16H2. The van der Waals surface area contributed by atoms with E-state index in [2.05, 4.69) is 9.88 Å². The molecule has 3 aliphatic heterocycles. The molecule has 8 nitrogen and oxygen atoms in total. The van der Waals surface area contributed by atoms with Gasteiger partial charge in [-0.15, -0.1) is 0 Å². The zero-order valence-electron chi connectivity index (χ0n) is 17.4. The Morgan fingerprint density at radius 2 is 1.74 bits per heavy atom. The molecule has 4 heterocycles. The van der Waals surface area contributed by atoms with E-state index in [1.807, 2.05) is 35.2 Å². The molecule has 2 fully saturated rings. The van der Waals surface area contributed by atoms with Gasteiger partial charge in [-0.05, 0) is 29.8 Å². The third-order valence-electron chi connectivity index (χ3n) is 6.15. The monoisotopic (exact) mass is 422 g/mol. The van der Waals surface area contributed by atoms with Crippen molar-refractivity contribution in [2.45, 2.75) is 13.0 Å². The second kappa shape index (κ2) is 8.55. The molecular formula is C23H26N4O4. The molecule has 0 N–H and O–H groups in total. The zero-order chi connectivity index (χ0) is 21.2. The number of anilines is 1. The van der Waals surface area contributed by atoms with Gasteiger partial charge in [-0.2, -0.15) is 0 Å². The van der Waals surface area contributed by atoms with E-state index >= 15 is 0 Å². The molecule has 31 heavy (non-hydrogen) atoms. The van der Waals surface area contributed by atoms with Gasteiger partial charge in [0.25, 0.3) is 0 Å². The van der Waals surface area contributed by atoms with Crippen molar-refractivity contribution in [3.8, 4) is 11.5 Å². The van der Waals surface area contributed by atoms with Crippen LogP contribution in [0.1, 0.15) is 12.0 Å². The average molecular weight is 422 g/mol. The second-order valence-electron chi connectivity index (χ2n) is 8.19. The van der Waals surface area contributed by atoms with Gasteiger partial charge in [0.1, 0.15) is 13.2 Å². The smallest absolute Gasteiger partial charge is 0.228 e. The number of ether oxygens (including phenoxy) is 2. The summed E-state index contributed by atoms with van der Waals surface area (Å²) in [6.45, 7) is 5.36. The molecule has 2 amide bonds. The number of piperazine rings is 1. The number of carbonyl (C=O) groups excluding carboxylic acids is 2. The summed E-state index contributed by atoms with van der Waals surface area (Å²) in [5.41, 5.74) is 1.98. The molecule has 0 bridgehead atoms. The highest BCUT2D eigenvalue weighted by molar-refractivity contribution is 6.00. The van der Waals surface area contributed by atoms with Crippen LogP contribution in [0.2, 0.25) is 0 Å². The number of rotatable bonds is 4. The van der Waals surface area contributed by atoms with E-state index < -0.39 is 0 Å². The largest absolute Gasteiger partial charge is 0.486 e. The minimum atomic E-state index is -0.299. The Bertz CT molecular complexity index is 959. The van der Waals surface area contributed by atoms with Gasteiger partial charge in [-0.25, -0.2) is 0 Å². The van der Waals surface area contributed by atoms with E-state index in [1.54, 1.807) is 17.3 Å². The van der Waals surface area contributed by atoms with Crippen molar-refractivity contribution in [3.05, 3.63) is 48.3 Å². The molecule has 2 aromatic rings. The number of hydrogen-bond acceptors (Lipinski definition) is 6. The SMILES string of the molecule is O=C(C1CC(=O)N(c2ccc3c(c2)OCCO3)C1)N1CCN(Cc2ccncc2)CC1. The fourth-order valence-electron chi connectivity index (χ4n) is 4.45. The summed E-state index contributed by atoms with van der Waals surface area (Å²) in [7, 11) is 0. The fourth-order valence-corrected chi connectivity index (χ4v) is 4.45. The van der Waals surface area contributed by atoms with Crippen LogP contribution < -0.4 is 14.4 Å². The lowest BCUT2D eigenvalue weighted by atomic mass is 10.1. The predicted molar refractivity (Wildman–Crippen MR) is 114 cm³/mol. The van der Waals surface area contributed by atoms with Crippen LogP contribution in [0.15, 0.2) is 42.7 Å². The van der Waals surface area contributed by atoms with E-state index in [4.69, 9.17) is 9.47 Å². The van der Waals surface area contributed by atoms with E-state index in [-0.39, 0.29) is 24.2 Å². The van der Waals surface area contributed by atoms with Crippen LogP contribution in [-0.4, -0.2) is 72.5 Å². The number of fused-ring (bicyclic) bond motifs is 1. The Morgan fingerprint density at radius 3 is 2.52 bits per heavy atom. The second-order valence-corrected chi connectivity index (χ2v) is 8.19. The van der Waals surface area contributed by atoms with Crippen molar-refractivity contribution in [3.63, 3.8) is 0 Å². The highest BCUT2D eigenvalue weighted by atomic mass is 16.6. The fraction of sp³-hybridized carbons (Fsp3) is 0.435. The summed E-state index contributed by atoms with van der Waals surface area (Å²) in [5, 5.41) is 0. The van der Waals surface area contributed by atoms with Crippen molar-refractivity contribution < 1.29 is 19.1 Å². The van der Waals surface area contributed by atoms with Gasteiger partial charge in [-0.3, -0.25) is 19.5 Å². The molecule has 1 aromatic carbocycles. The van der Waals surface area contributed by atoms with Gasteiger partial charge in [0.2, 0.25) is 11.8 Å². The first-order valence-corrected chi connectivity index (χ1v) is 10.8. The molecule has 8 heteroatoms. The molecule has 2 saturated heterocycles. The van der Waals surface area contributed by atoms with Crippen molar-refractivity contribution in [1.82, 2.24) is 14.8 Å². The third-order valence-corrected chi connectivity index (χ3v) is 6.15. The lowest BCUT2D eigenvalue weighted by Crippen LogP contribution is -2.50. The number of amides is 2. The number of aromatic nitrogens is 1. The summed E-state index contributed by atoms with van der Waals surface area (Å²) in [4.78, 5) is 35.8. The maximum Gasteiger partial charge on any atom is 0.228 e. The first kappa shape index (κ1) is 19.8. The molecule has 1 aromatic heterocycles. The van der Waals surface area contributed by atoms with E-state index in [1.165, 1.54) is 5.56 Å². The minimum absolute atomic E-state index is 0.0219. The van der Waals surface area contributed by atoms with E-state index in [0.29, 0.717) is 44.3 Å². The lowest BCUT2D eigenvalue weighted by molar-refractivity contribution is -0.137. The third kappa shape index (κ3) is 4.20. The number of hydrogen-bond donors (Lipinski definition) is 0. The van der Waals surface area contributed by atoms with Crippen LogP contribution in [0.3, 0.4) is 0 Å². The first-order chi connectivity index (χ1) is 15.2. The molecule has 162 valence electrons. The van der Waals surface area contributed by atoms with Crippen LogP contribution >= 0.6 is 0 Å². The Labute approximate surface area is 181 Å². The molecule has 1 unspecified atom stereocenters. The number of carbonyl (C=O) groups is 2. The van der Waals surface area contributed by atoms with Crippen molar-refractivity contribution in [1.29, 1.82) is 0 Å². The summed E-state index contributed by atoms with van der Waals surface area (Å²) in [5.74, 6) is 1.10. The summed E-state index contributed by atoms with van der Waals surface area (Å²) in [6.07, 6.45) is 3.86.